The predicted octanol–water partition coefficient (Wildman–Crippen LogP) is 1.55. The van der Waals surface area contributed by atoms with Gasteiger partial charge in [-0.3, -0.25) is 9.48 Å². The zero-order valence-corrected chi connectivity index (χ0v) is 13.4. The van der Waals surface area contributed by atoms with Crippen LogP contribution in [-0.4, -0.2) is 38.7 Å². The minimum atomic E-state index is -0.134. The summed E-state index contributed by atoms with van der Waals surface area (Å²) in [4.78, 5) is 18.7. The molecular formula is C13H20N6OS. The standard InChI is InChI=1S/C13H20N6OS/c1-8(2)16-13-17-11(14)10(21-13)12(20)18(3)6-9-5-15-19(4)7-9/h5,7-8H,6,14H2,1-4H3,(H,16,17). The molecule has 2 rings (SSSR count). The monoisotopic (exact) mass is 308 g/mol. The molecule has 8 heteroatoms. The Morgan fingerprint density at radius 2 is 2.29 bits per heavy atom. The topological polar surface area (TPSA) is 89.1 Å². The van der Waals surface area contributed by atoms with Crippen LogP contribution in [0.4, 0.5) is 10.9 Å². The van der Waals surface area contributed by atoms with Gasteiger partial charge in [0, 0.05) is 38.4 Å². The third kappa shape index (κ3) is 3.72. The molecule has 0 unspecified atom stereocenters. The average Bonchev–Trinajstić information content (AvgIpc) is 2.94. The molecule has 2 aromatic rings. The number of aromatic nitrogens is 3. The van der Waals surface area contributed by atoms with Crippen LogP contribution in [0.25, 0.3) is 0 Å². The number of nitrogens with one attached hydrogen (secondary N) is 1. The zero-order chi connectivity index (χ0) is 15.6. The number of rotatable bonds is 5. The maximum atomic E-state index is 12.4. The molecule has 0 saturated heterocycles. The van der Waals surface area contributed by atoms with Crippen molar-refractivity contribution in [3.63, 3.8) is 0 Å². The van der Waals surface area contributed by atoms with Crippen LogP contribution >= 0.6 is 11.3 Å². The summed E-state index contributed by atoms with van der Waals surface area (Å²) in [5.41, 5.74) is 6.82. The van der Waals surface area contributed by atoms with Crippen LogP contribution in [-0.2, 0) is 13.6 Å². The largest absolute Gasteiger partial charge is 0.382 e. The molecule has 0 aliphatic heterocycles. The average molecular weight is 308 g/mol. The smallest absolute Gasteiger partial charge is 0.267 e. The van der Waals surface area contributed by atoms with Gasteiger partial charge in [-0.1, -0.05) is 11.3 Å². The summed E-state index contributed by atoms with van der Waals surface area (Å²) in [5.74, 6) is 0.136. The molecule has 0 bridgehead atoms. The number of nitrogen functional groups attached to an aromatic ring is 1. The Bertz CT molecular complexity index is 632. The number of aryl methyl sites for hydroxylation is 1. The van der Waals surface area contributed by atoms with Crippen molar-refractivity contribution in [3.8, 4) is 0 Å². The van der Waals surface area contributed by atoms with E-state index in [0.717, 1.165) is 5.56 Å². The molecule has 0 spiro atoms. The van der Waals surface area contributed by atoms with Crippen LogP contribution in [0.3, 0.4) is 0 Å². The maximum Gasteiger partial charge on any atom is 0.267 e. The fourth-order valence-electron chi connectivity index (χ4n) is 1.87. The molecule has 7 nitrogen and oxygen atoms in total. The highest BCUT2D eigenvalue weighted by molar-refractivity contribution is 7.18. The lowest BCUT2D eigenvalue weighted by atomic mass is 10.3. The molecule has 114 valence electrons. The Morgan fingerprint density at radius 3 is 2.86 bits per heavy atom. The normalized spacial score (nSPS) is 10.9. The zero-order valence-electron chi connectivity index (χ0n) is 12.6. The summed E-state index contributed by atoms with van der Waals surface area (Å²) in [6, 6.07) is 0.242. The van der Waals surface area contributed by atoms with Gasteiger partial charge < -0.3 is 16.0 Å². The molecule has 2 heterocycles. The van der Waals surface area contributed by atoms with Gasteiger partial charge in [-0.25, -0.2) is 4.98 Å². The lowest BCUT2D eigenvalue weighted by Crippen LogP contribution is -2.26. The summed E-state index contributed by atoms with van der Waals surface area (Å²) < 4.78 is 1.71. The second-order valence-corrected chi connectivity index (χ2v) is 6.21. The van der Waals surface area contributed by atoms with E-state index in [9.17, 15) is 4.79 Å². The molecule has 0 radical (unpaired) electrons. The van der Waals surface area contributed by atoms with Crippen molar-refractivity contribution in [1.29, 1.82) is 0 Å². The van der Waals surface area contributed by atoms with Crippen molar-refractivity contribution in [2.24, 2.45) is 7.05 Å². The number of amides is 1. The van der Waals surface area contributed by atoms with E-state index in [0.29, 0.717) is 16.6 Å². The van der Waals surface area contributed by atoms with E-state index in [1.54, 1.807) is 22.8 Å². The Balaban J connectivity index is 2.10. The molecule has 3 N–H and O–H groups in total. The molecule has 0 atom stereocenters. The third-order valence-corrected chi connectivity index (χ3v) is 3.77. The van der Waals surface area contributed by atoms with Gasteiger partial charge >= 0.3 is 0 Å². The molecule has 1 amide bonds. The summed E-state index contributed by atoms with van der Waals surface area (Å²) in [6.07, 6.45) is 3.62. The summed E-state index contributed by atoms with van der Waals surface area (Å²) in [6.45, 7) is 4.50. The molecule has 21 heavy (non-hydrogen) atoms. The molecule has 0 aliphatic carbocycles. The Labute approximate surface area is 127 Å². The van der Waals surface area contributed by atoms with E-state index in [1.807, 2.05) is 27.1 Å². The third-order valence-electron chi connectivity index (χ3n) is 2.78. The molecule has 0 aliphatic rings. The highest BCUT2D eigenvalue weighted by Gasteiger charge is 2.20. The lowest BCUT2D eigenvalue weighted by Gasteiger charge is -2.15. The van der Waals surface area contributed by atoms with E-state index in [4.69, 9.17) is 5.73 Å². The van der Waals surface area contributed by atoms with Crippen molar-refractivity contribution >= 4 is 28.2 Å². The fraction of sp³-hybridized carbons (Fsp3) is 0.462. The Kier molecular flexibility index (Phi) is 4.46. The van der Waals surface area contributed by atoms with Gasteiger partial charge in [-0.05, 0) is 13.8 Å². The minimum absolute atomic E-state index is 0.134. The maximum absolute atomic E-state index is 12.4. The molecular weight excluding hydrogens is 288 g/mol. The van der Waals surface area contributed by atoms with Crippen molar-refractivity contribution in [3.05, 3.63) is 22.8 Å². The fourth-order valence-corrected chi connectivity index (χ4v) is 2.89. The Hall–Kier alpha value is -2.09. The van der Waals surface area contributed by atoms with E-state index >= 15 is 0 Å². The van der Waals surface area contributed by atoms with Gasteiger partial charge in [0.1, 0.15) is 10.7 Å². The molecule has 2 aromatic heterocycles. The number of carbonyl (C=O) groups excluding carboxylic acids is 1. The number of nitrogens with two attached hydrogens (primary N) is 1. The van der Waals surface area contributed by atoms with Gasteiger partial charge in [-0.2, -0.15) is 5.10 Å². The van der Waals surface area contributed by atoms with Crippen LogP contribution < -0.4 is 11.1 Å². The Morgan fingerprint density at radius 1 is 1.57 bits per heavy atom. The first-order chi connectivity index (χ1) is 9.86. The van der Waals surface area contributed by atoms with Gasteiger partial charge in [0.15, 0.2) is 5.13 Å². The van der Waals surface area contributed by atoms with Gasteiger partial charge in [-0.15, -0.1) is 0 Å². The highest BCUT2D eigenvalue weighted by atomic mass is 32.1. The number of hydrogen-bond acceptors (Lipinski definition) is 6. The predicted molar refractivity (Wildman–Crippen MR) is 84.3 cm³/mol. The van der Waals surface area contributed by atoms with Gasteiger partial charge in [0.05, 0.1) is 6.20 Å². The number of carbonyl (C=O) groups is 1. The molecule has 0 aromatic carbocycles. The van der Waals surface area contributed by atoms with E-state index in [1.165, 1.54) is 11.3 Å². The van der Waals surface area contributed by atoms with E-state index in [-0.39, 0.29) is 17.8 Å². The van der Waals surface area contributed by atoms with E-state index in [2.05, 4.69) is 15.4 Å². The van der Waals surface area contributed by atoms with Crippen LogP contribution in [0.1, 0.15) is 29.1 Å². The van der Waals surface area contributed by atoms with Crippen molar-refractivity contribution in [2.75, 3.05) is 18.1 Å². The molecule has 0 fully saturated rings. The minimum Gasteiger partial charge on any atom is -0.382 e. The first-order valence-electron chi connectivity index (χ1n) is 6.62. The summed E-state index contributed by atoms with van der Waals surface area (Å²) in [5, 5.41) is 7.91. The summed E-state index contributed by atoms with van der Waals surface area (Å²) >= 11 is 1.28. The van der Waals surface area contributed by atoms with Crippen LogP contribution in [0, 0.1) is 0 Å². The summed E-state index contributed by atoms with van der Waals surface area (Å²) in [7, 11) is 3.58. The second kappa shape index (κ2) is 6.13. The number of anilines is 2. The van der Waals surface area contributed by atoms with Crippen molar-refractivity contribution < 1.29 is 4.79 Å². The second-order valence-electron chi connectivity index (χ2n) is 5.22. The molecule has 0 saturated carbocycles. The van der Waals surface area contributed by atoms with Gasteiger partial charge in [0.25, 0.3) is 5.91 Å². The first-order valence-corrected chi connectivity index (χ1v) is 7.44. The quantitative estimate of drug-likeness (QED) is 0.875. The van der Waals surface area contributed by atoms with Crippen molar-refractivity contribution in [2.45, 2.75) is 26.4 Å². The van der Waals surface area contributed by atoms with Crippen LogP contribution in [0.2, 0.25) is 0 Å². The van der Waals surface area contributed by atoms with Gasteiger partial charge in [0.2, 0.25) is 0 Å². The van der Waals surface area contributed by atoms with Crippen LogP contribution in [0.15, 0.2) is 12.4 Å². The van der Waals surface area contributed by atoms with E-state index < -0.39 is 0 Å². The highest BCUT2D eigenvalue weighted by Crippen LogP contribution is 2.26. The first kappa shape index (κ1) is 15.3. The number of nitrogens with zero attached hydrogens (tertiary/aromatic N) is 4. The lowest BCUT2D eigenvalue weighted by molar-refractivity contribution is 0.0790. The number of thiazole rings is 1. The van der Waals surface area contributed by atoms with Crippen LogP contribution in [0.5, 0.6) is 0 Å². The number of hydrogen-bond donors (Lipinski definition) is 2. The van der Waals surface area contributed by atoms with Crippen molar-refractivity contribution in [1.82, 2.24) is 19.7 Å². The SMILES string of the molecule is CC(C)Nc1nc(N)c(C(=O)N(C)Cc2cnn(C)c2)s1.